The molecule has 20 heavy (non-hydrogen) atoms. The van der Waals surface area contributed by atoms with Crippen LogP contribution in [-0.2, 0) is 4.74 Å². The second-order valence-electron chi connectivity index (χ2n) is 4.90. The molecule has 2 atom stereocenters. The molecule has 7 nitrogen and oxygen atoms in total. The standard InChI is InChI=1S/C13H22N4O3/c1-3-4-19-13-11(14)12(15-8-16-13)17-5-10(6-18)20-7-9(17)2/h8-10,18H,3-7,14H2,1-2H3. The number of nitrogens with two attached hydrogens (primary N) is 1. The first kappa shape index (κ1) is 14.8. The molecule has 3 N–H and O–H groups in total. The molecule has 0 aromatic carbocycles. The Morgan fingerprint density at radius 2 is 2.35 bits per heavy atom. The van der Waals surface area contributed by atoms with Crippen molar-refractivity contribution >= 4 is 11.5 Å². The zero-order valence-electron chi connectivity index (χ0n) is 12.0. The predicted molar refractivity (Wildman–Crippen MR) is 75.9 cm³/mol. The number of morpholine rings is 1. The van der Waals surface area contributed by atoms with Crippen LogP contribution in [0.3, 0.4) is 0 Å². The van der Waals surface area contributed by atoms with Crippen molar-refractivity contribution < 1.29 is 14.6 Å². The lowest BCUT2D eigenvalue weighted by molar-refractivity contribution is -0.0105. The van der Waals surface area contributed by atoms with Crippen molar-refractivity contribution in [2.75, 3.05) is 37.0 Å². The molecule has 2 unspecified atom stereocenters. The van der Waals surface area contributed by atoms with Crippen LogP contribution in [0, 0.1) is 0 Å². The zero-order chi connectivity index (χ0) is 14.5. The van der Waals surface area contributed by atoms with Gasteiger partial charge in [0.15, 0.2) is 5.82 Å². The Kier molecular flexibility index (Phi) is 4.97. The zero-order valence-corrected chi connectivity index (χ0v) is 12.0. The van der Waals surface area contributed by atoms with Crippen LogP contribution < -0.4 is 15.4 Å². The molecular weight excluding hydrogens is 260 g/mol. The minimum absolute atomic E-state index is 0.0204. The van der Waals surface area contributed by atoms with E-state index in [1.165, 1.54) is 6.33 Å². The minimum Gasteiger partial charge on any atom is -0.476 e. The summed E-state index contributed by atoms with van der Waals surface area (Å²) in [5.41, 5.74) is 6.55. The number of aromatic nitrogens is 2. The molecular formula is C13H22N4O3. The second-order valence-corrected chi connectivity index (χ2v) is 4.90. The van der Waals surface area contributed by atoms with Gasteiger partial charge in [0.2, 0.25) is 5.88 Å². The highest BCUT2D eigenvalue weighted by Crippen LogP contribution is 2.30. The molecule has 112 valence electrons. The quantitative estimate of drug-likeness (QED) is 0.809. The Hall–Kier alpha value is -1.60. The topological polar surface area (TPSA) is 93.7 Å². The van der Waals surface area contributed by atoms with E-state index in [-0.39, 0.29) is 18.8 Å². The molecule has 1 fully saturated rings. The monoisotopic (exact) mass is 282 g/mol. The summed E-state index contributed by atoms with van der Waals surface area (Å²) in [6.07, 6.45) is 2.12. The molecule has 0 bridgehead atoms. The summed E-state index contributed by atoms with van der Waals surface area (Å²) < 4.78 is 11.0. The van der Waals surface area contributed by atoms with E-state index in [0.717, 1.165) is 6.42 Å². The molecule has 1 aromatic heterocycles. The van der Waals surface area contributed by atoms with Gasteiger partial charge >= 0.3 is 0 Å². The number of nitrogen functional groups attached to an aromatic ring is 1. The van der Waals surface area contributed by atoms with Crippen molar-refractivity contribution in [2.24, 2.45) is 0 Å². The Bertz CT molecular complexity index is 444. The van der Waals surface area contributed by atoms with E-state index in [4.69, 9.17) is 15.2 Å². The lowest BCUT2D eigenvalue weighted by atomic mass is 10.2. The molecule has 0 amide bonds. The van der Waals surface area contributed by atoms with Gasteiger partial charge in [-0.3, -0.25) is 0 Å². The maximum atomic E-state index is 9.24. The van der Waals surface area contributed by atoms with E-state index in [1.807, 2.05) is 18.7 Å². The van der Waals surface area contributed by atoms with Crippen LogP contribution in [0.1, 0.15) is 20.3 Å². The molecule has 0 spiro atoms. The van der Waals surface area contributed by atoms with Gasteiger partial charge in [0.05, 0.1) is 32.0 Å². The molecule has 2 rings (SSSR count). The Morgan fingerprint density at radius 3 is 3.05 bits per heavy atom. The fourth-order valence-electron chi connectivity index (χ4n) is 2.14. The summed E-state index contributed by atoms with van der Waals surface area (Å²) >= 11 is 0. The maximum absolute atomic E-state index is 9.24. The molecule has 7 heteroatoms. The highest BCUT2D eigenvalue weighted by Gasteiger charge is 2.28. The van der Waals surface area contributed by atoms with E-state index in [9.17, 15) is 5.11 Å². The smallest absolute Gasteiger partial charge is 0.242 e. The van der Waals surface area contributed by atoms with Crippen molar-refractivity contribution in [3.63, 3.8) is 0 Å². The molecule has 0 aliphatic carbocycles. The summed E-state index contributed by atoms with van der Waals surface area (Å²) in [6.45, 7) is 5.67. The molecule has 1 aliphatic rings. The third-order valence-corrected chi connectivity index (χ3v) is 3.25. The van der Waals surface area contributed by atoms with Gasteiger partial charge in [-0.2, -0.15) is 4.98 Å². The first-order chi connectivity index (χ1) is 9.67. The largest absolute Gasteiger partial charge is 0.476 e. The van der Waals surface area contributed by atoms with Gasteiger partial charge in [-0.25, -0.2) is 4.98 Å². The van der Waals surface area contributed by atoms with Crippen LogP contribution in [0.25, 0.3) is 0 Å². The van der Waals surface area contributed by atoms with E-state index < -0.39 is 0 Å². The molecule has 1 aliphatic heterocycles. The summed E-state index contributed by atoms with van der Waals surface area (Å²) in [7, 11) is 0. The summed E-state index contributed by atoms with van der Waals surface area (Å²) in [4.78, 5) is 10.4. The summed E-state index contributed by atoms with van der Waals surface area (Å²) in [5.74, 6) is 1.05. The van der Waals surface area contributed by atoms with Crippen LogP contribution in [0.5, 0.6) is 5.88 Å². The van der Waals surface area contributed by atoms with Crippen LogP contribution in [0.15, 0.2) is 6.33 Å². The Labute approximate surface area is 118 Å². The number of hydrogen-bond donors (Lipinski definition) is 2. The maximum Gasteiger partial charge on any atom is 0.242 e. The van der Waals surface area contributed by atoms with Gasteiger partial charge in [0.25, 0.3) is 0 Å². The lowest BCUT2D eigenvalue weighted by Crippen LogP contribution is -2.50. The van der Waals surface area contributed by atoms with Crippen molar-refractivity contribution in [3.8, 4) is 5.88 Å². The molecule has 0 saturated carbocycles. The van der Waals surface area contributed by atoms with Gasteiger partial charge in [-0.05, 0) is 13.3 Å². The molecule has 1 aromatic rings. The highest BCUT2D eigenvalue weighted by molar-refractivity contribution is 5.68. The number of aliphatic hydroxyl groups is 1. The van der Waals surface area contributed by atoms with Gasteiger partial charge in [-0.15, -0.1) is 0 Å². The van der Waals surface area contributed by atoms with Crippen molar-refractivity contribution in [1.82, 2.24) is 9.97 Å². The van der Waals surface area contributed by atoms with Gasteiger partial charge in [0.1, 0.15) is 12.0 Å². The van der Waals surface area contributed by atoms with Gasteiger partial charge in [0, 0.05) is 6.54 Å². The fourth-order valence-corrected chi connectivity index (χ4v) is 2.14. The van der Waals surface area contributed by atoms with E-state index in [0.29, 0.717) is 37.1 Å². The second kappa shape index (κ2) is 6.71. The average Bonchev–Trinajstić information content (AvgIpc) is 2.47. The third-order valence-electron chi connectivity index (χ3n) is 3.25. The van der Waals surface area contributed by atoms with Crippen LogP contribution in [0.4, 0.5) is 11.5 Å². The summed E-state index contributed by atoms with van der Waals surface area (Å²) in [6, 6.07) is 0.133. The fraction of sp³-hybridized carbons (Fsp3) is 0.692. The minimum atomic E-state index is -0.222. The summed E-state index contributed by atoms with van der Waals surface area (Å²) in [5, 5.41) is 9.24. The average molecular weight is 282 g/mol. The number of rotatable bonds is 5. The van der Waals surface area contributed by atoms with Crippen molar-refractivity contribution in [3.05, 3.63) is 6.33 Å². The van der Waals surface area contributed by atoms with Gasteiger partial charge < -0.3 is 25.2 Å². The number of anilines is 2. The predicted octanol–water partition coefficient (Wildman–Crippen LogP) is 0.434. The molecule has 1 saturated heterocycles. The first-order valence-corrected chi connectivity index (χ1v) is 6.89. The number of aliphatic hydroxyl groups excluding tert-OH is 1. The third kappa shape index (κ3) is 3.10. The first-order valence-electron chi connectivity index (χ1n) is 6.89. The van der Waals surface area contributed by atoms with Crippen LogP contribution in [0.2, 0.25) is 0 Å². The normalized spacial score (nSPS) is 22.9. The number of nitrogens with zero attached hydrogens (tertiary/aromatic N) is 3. The van der Waals surface area contributed by atoms with Crippen molar-refractivity contribution in [2.45, 2.75) is 32.4 Å². The number of hydrogen-bond acceptors (Lipinski definition) is 7. The lowest BCUT2D eigenvalue weighted by Gasteiger charge is -2.38. The molecule has 0 radical (unpaired) electrons. The van der Waals surface area contributed by atoms with Crippen LogP contribution in [-0.4, -0.2) is 53.6 Å². The Balaban J connectivity index is 2.22. The number of ether oxygens (including phenoxy) is 2. The molecule has 2 heterocycles. The van der Waals surface area contributed by atoms with E-state index >= 15 is 0 Å². The van der Waals surface area contributed by atoms with Crippen LogP contribution >= 0.6 is 0 Å². The Morgan fingerprint density at radius 1 is 1.55 bits per heavy atom. The van der Waals surface area contributed by atoms with E-state index in [1.54, 1.807) is 0 Å². The van der Waals surface area contributed by atoms with Crippen molar-refractivity contribution in [1.29, 1.82) is 0 Å². The SMILES string of the molecule is CCCOc1ncnc(N2CC(CO)OCC2C)c1N. The van der Waals surface area contributed by atoms with Gasteiger partial charge in [-0.1, -0.05) is 6.92 Å². The highest BCUT2D eigenvalue weighted by atomic mass is 16.5. The van der Waals surface area contributed by atoms with E-state index in [2.05, 4.69) is 9.97 Å².